The van der Waals surface area contributed by atoms with Crippen molar-refractivity contribution in [3.63, 3.8) is 0 Å². The molecule has 2 aromatic carbocycles. The maximum Gasteiger partial charge on any atom is 0.273 e. The number of rotatable bonds is 5. The summed E-state index contributed by atoms with van der Waals surface area (Å²) in [5.41, 5.74) is 2.51. The first-order valence-electron chi connectivity index (χ1n) is 11.0. The van der Waals surface area contributed by atoms with Crippen molar-refractivity contribution in [1.29, 1.82) is 5.26 Å². The van der Waals surface area contributed by atoms with Crippen molar-refractivity contribution in [1.82, 2.24) is 9.47 Å². The van der Waals surface area contributed by atoms with E-state index in [1.165, 1.54) is 15.9 Å². The topological polar surface area (TPSA) is 66.1 Å². The molecule has 5 nitrogen and oxygen atoms in total. The lowest BCUT2D eigenvalue weighted by atomic mass is 10.1. The zero-order chi connectivity index (χ0) is 23.4. The second kappa shape index (κ2) is 10.2. The van der Waals surface area contributed by atoms with Crippen LogP contribution in [0.4, 0.5) is 0 Å². The van der Waals surface area contributed by atoms with Crippen LogP contribution < -0.4 is 14.8 Å². The van der Waals surface area contributed by atoms with Crippen LogP contribution in [0.5, 0.6) is 0 Å². The van der Waals surface area contributed by atoms with Crippen LogP contribution in [0.15, 0.2) is 58.2 Å². The van der Waals surface area contributed by atoms with Crippen LogP contribution in [0.25, 0.3) is 17.3 Å². The molecule has 0 atom stereocenters. The third-order valence-corrected chi connectivity index (χ3v) is 7.61. The van der Waals surface area contributed by atoms with Gasteiger partial charge in [0.25, 0.3) is 11.5 Å². The fraction of sp³-hybridized carbons (Fsp3) is 0.269. The minimum Gasteiger partial charge on any atom is -0.338 e. The van der Waals surface area contributed by atoms with Crippen LogP contribution in [-0.2, 0) is 11.2 Å². The molecule has 0 spiro atoms. The number of aryl methyl sites for hydroxylation is 1. The molecule has 0 N–H and O–H groups in total. The van der Waals surface area contributed by atoms with Crippen LogP contribution in [-0.4, -0.2) is 34.7 Å². The SMILES string of the molecule is CCc1ccc(-n2c(=O)/c(=C\c3ccc(SC)cc3)s/c2=C(/C#N)C(=O)N2CCCC2)cc1. The molecule has 1 saturated heterocycles. The summed E-state index contributed by atoms with van der Waals surface area (Å²) in [5.74, 6) is -0.300. The van der Waals surface area contributed by atoms with Gasteiger partial charge in [0, 0.05) is 18.0 Å². The molecule has 168 valence electrons. The number of hydrogen-bond donors (Lipinski definition) is 0. The van der Waals surface area contributed by atoms with E-state index < -0.39 is 0 Å². The molecule has 0 aliphatic carbocycles. The molecule has 4 rings (SSSR count). The van der Waals surface area contributed by atoms with Gasteiger partial charge in [0.15, 0.2) is 5.57 Å². The summed E-state index contributed by atoms with van der Waals surface area (Å²) in [4.78, 5) is 29.5. The molecule has 1 aromatic heterocycles. The van der Waals surface area contributed by atoms with E-state index in [1.54, 1.807) is 16.7 Å². The van der Waals surface area contributed by atoms with E-state index in [0.717, 1.165) is 35.3 Å². The molecule has 7 heteroatoms. The summed E-state index contributed by atoms with van der Waals surface area (Å²) in [6.07, 6.45) is 6.60. The predicted molar refractivity (Wildman–Crippen MR) is 135 cm³/mol. The van der Waals surface area contributed by atoms with Gasteiger partial charge in [-0.1, -0.05) is 31.2 Å². The number of aromatic nitrogens is 1. The Hall–Kier alpha value is -3.08. The molecule has 0 bridgehead atoms. The van der Waals surface area contributed by atoms with Gasteiger partial charge in [-0.15, -0.1) is 23.1 Å². The average molecular weight is 476 g/mol. The van der Waals surface area contributed by atoms with Gasteiger partial charge in [0.2, 0.25) is 0 Å². The summed E-state index contributed by atoms with van der Waals surface area (Å²) < 4.78 is 2.39. The Morgan fingerprint density at radius 3 is 2.36 bits per heavy atom. The molecular formula is C26H25N3O2S2. The third kappa shape index (κ3) is 4.82. The Kier molecular flexibility index (Phi) is 7.17. The van der Waals surface area contributed by atoms with E-state index in [4.69, 9.17) is 0 Å². The standard InChI is InChI=1S/C26H25N3O2S2/c1-3-18-6-10-20(11-7-18)29-25(31)23(16-19-8-12-21(32-2)13-9-19)33-26(29)22(17-27)24(30)28-14-4-5-15-28/h6-13,16H,3-5,14-15H2,1-2H3/b23-16+,26-22-. The first-order valence-corrected chi connectivity index (χ1v) is 13.0. The summed E-state index contributed by atoms with van der Waals surface area (Å²) in [5, 5.41) is 9.96. The van der Waals surface area contributed by atoms with Crippen molar-refractivity contribution in [2.75, 3.05) is 19.3 Å². The third-order valence-electron chi connectivity index (χ3n) is 5.77. The van der Waals surface area contributed by atoms with Crippen LogP contribution in [0.2, 0.25) is 0 Å². The Morgan fingerprint density at radius 2 is 1.79 bits per heavy atom. The van der Waals surface area contributed by atoms with E-state index in [9.17, 15) is 14.9 Å². The largest absolute Gasteiger partial charge is 0.338 e. The van der Waals surface area contributed by atoms with E-state index in [1.807, 2.05) is 60.9 Å². The quantitative estimate of drug-likeness (QED) is 0.531. The van der Waals surface area contributed by atoms with Gasteiger partial charge in [-0.25, -0.2) is 0 Å². The van der Waals surface area contributed by atoms with E-state index in [2.05, 4.69) is 13.0 Å². The summed E-state index contributed by atoms with van der Waals surface area (Å²) >= 11 is 2.86. The maximum atomic E-state index is 13.5. The highest BCUT2D eigenvalue weighted by Crippen LogP contribution is 2.16. The highest BCUT2D eigenvalue weighted by Gasteiger charge is 2.24. The van der Waals surface area contributed by atoms with E-state index >= 15 is 0 Å². The highest BCUT2D eigenvalue weighted by molar-refractivity contribution is 7.98. The van der Waals surface area contributed by atoms with Crippen molar-refractivity contribution in [3.8, 4) is 11.8 Å². The molecule has 2 heterocycles. The molecule has 1 fully saturated rings. The van der Waals surface area contributed by atoms with Gasteiger partial charge < -0.3 is 4.90 Å². The average Bonchev–Trinajstić information content (AvgIpc) is 3.49. The number of thioether (sulfide) groups is 1. The first kappa shape index (κ1) is 23.1. The van der Waals surface area contributed by atoms with Crippen molar-refractivity contribution >= 4 is 40.7 Å². The van der Waals surface area contributed by atoms with Crippen LogP contribution in [0.1, 0.15) is 30.9 Å². The summed E-state index contributed by atoms with van der Waals surface area (Å²) in [6.45, 7) is 3.36. The number of benzene rings is 2. The molecular weight excluding hydrogens is 450 g/mol. The Labute approximate surface area is 201 Å². The molecule has 0 unspecified atom stereocenters. The fourth-order valence-electron chi connectivity index (χ4n) is 3.88. The predicted octanol–water partition coefficient (Wildman–Crippen LogP) is 3.31. The number of nitriles is 1. The zero-order valence-corrected chi connectivity index (χ0v) is 20.3. The molecule has 1 aliphatic rings. The second-order valence-corrected chi connectivity index (χ2v) is 9.75. The van der Waals surface area contributed by atoms with E-state index in [-0.39, 0.29) is 17.0 Å². The monoisotopic (exact) mass is 475 g/mol. The number of amides is 1. The van der Waals surface area contributed by atoms with Crippen molar-refractivity contribution < 1.29 is 4.79 Å². The second-order valence-electron chi connectivity index (χ2n) is 7.84. The lowest BCUT2D eigenvalue weighted by molar-refractivity contribution is -0.123. The lowest BCUT2D eigenvalue weighted by Crippen LogP contribution is -2.35. The summed E-state index contributed by atoms with van der Waals surface area (Å²) in [6, 6.07) is 17.8. The van der Waals surface area contributed by atoms with Crippen molar-refractivity contribution in [2.24, 2.45) is 0 Å². The Bertz CT molecular complexity index is 1370. The molecule has 1 amide bonds. The molecule has 33 heavy (non-hydrogen) atoms. The van der Waals surface area contributed by atoms with Crippen LogP contribution in [0, 0.1) is 11.3 Å². The smallest absolute Gasteiger partial charge is 0.273 e. The number of thiazole rings is 1. The minimum atomic E-state index is -0.300. The van der Waals surface area contributed by atoms with Crippen LogP contribution >= 0.6 is 23.1 Å². The highest BCUT2D eigenvalue weighted by atomic mass is 32.2. The van der Waals surface area contributed by atoms with E-state index in [0.29, 0.717) is 28.0 Å². The van der Waals surface area contributed by atoms with Gasteiger partial charge in [0.05, 0.1) is 10.2 Å². The molecule has 0 radical (unpaired) electrons. The minimum absolute atomic E-state index is 0.0240. The number of hydrogen-bond acceptors (Lipinski definition) is 5. The number of carbonyl (C=O) groups is 1. The van der Waals surface area contributed by atoms with Crippen molar-refractivity contribution in [3.05, 3.63) is 79.2 Å². The van der Waals surface area contributed by atoms with Gasteiger partial charge in [-0.2, -0.15) is 5.26 Å². The first-order chi connectivity index (χ1) is 16.0. The van der Waals surface area contributed by atoms with Gasteiger partial charge in [0.1, 0.15) is 10.7 Å². The van der Waals surface area contributed by atoms with Crippen molar-refractivity contribution in [2.45, 2.75) is 31.1 Å². The zero-order valence-electron chi connectivity index (χ0n) is 18.7. The maximum absolute atomic E-state index is 13.5. The molecule has 3 aromatic rings. The number of nitrogens with zero attached hydrogens (tertiary/aromatic N) is 3. The molecule has 0 saturated carbocycles. The normalized spacial score (nSPS) is 14.9. The Balaban J connectivity index is 1.96. The van der Waals surface area contributed by atoms with Crippen LogP contribution in [0.3, 0.4) is 0 Å². The number of carbonyl (C=O) groups excluding carboxylic acids is 1. The lowest BCUT2D eigenvalue weighted by Gasteiger charge is -2.14. The summed E-state index contributed by atoms with van der Waals surface area (Å²) in [7, 11) is 0. The number of likely N-dealkylation sites (tertiary alicyclic amines) is 1. The van der Waals surface area contributed by atoms with Gasteiger partial charge >= 0.3 is 0 Å². The van der Waals surface area contributed by atoms with Gasteiger partial charge in [-0.05, 0) is 67.0 Å². The fourth-order valence-corrected chi connectivity index (χ4v) is 5.39. The Morgan fingerprint density at radius 1 is 1.12 bits per heavy atom. The van der Waals surface area contributed by atoms with Gasteiger partial charge in [-0.3, -0.25) is 14.2 Å². The molecule has 1 aliphatic heterocycles.